The molecule has 0 aliphatic carbocycles. The van der Waals surface area contributed by atoms with E-state index in [2.05, 4.69) is 10.6 Å². The van der Waals surface area contributed by atoms with Gasteiger partial charge in [-0.1, -0.05) is 60.7 Å². The minimum absolute atomic E-state index is 0.272. The number of rotatable bonds is 9. The lowest BCUT2D eigenvalue weighted by molar-refractivity contribution is -0.148. The molecule has 6 nitrogen and oxygen atoms in total. The second-order valence-electron chi connectivity index (χ2n) is 5.36. The summed E-state index contributed by atoms with van der Waals surface area (Å²) in [7, 11) is 0. The third kappa shape index (κ3) is 5.19. The molecule has 2 aromatic rings. The van der Waals surface area contributed by atoms with Gasteiger partial charge < -0.3 is 10.2 Å². The molecule has 0 aliphatic rings. The van der Waals surface area contributed by atoms with E-state index in [9.17, 15) is 19.8 Å². The topological polar surface area (TPSA) is 98.7 Å². The smallest absolute Gasteiger partial charge is 0.322 e. The first-order valence-corrected chi connectivity index (χ1v) is 7.58. The van der Waals surface area contributed by atoms with E-state index in [1.165, 1.54) is 0 Å². The Morgan fingerprint density at radius 2 is 1.04 bits per heavy atom. The quantitative estimate of drug-likeness (QED) is 0.556. The van der Waals surface area contributed by atoms with E-state index in [-0.39, 0.29) is 13.1 Å². The third-order valence-corrected chi connectivity index (χ3v) is 3.60. The molecule has 0 bridgehead atoms. The zero-order chi connectivity index (χ0) is 17.4. The van der Waals surface area contributed by atoms with Gasteiger partial charge in [0.2, 0.25) is 0 Å². The van der Waals surface area contributed by atoms with Crippen molar-refractivity contribution < 1.29 is 19.8 Å². The molecule has 0 aliphatic heterocycles. The van der Waals surface area contributed by atoms with E-state index >= 15 is 0 Å². The Hall–Kier alpha value is -2.70. The summed E-state index contributed by atoms with van der Waals surface area (Å²) in [4.78, 5) is 23.0. The fourth-order valence-electron chi connectivity index (χ4n) is 2.34. The lowest BCUT2D eigenvalue weighted by atomic mass is 10.1. The molecule has 0 saturated heterocycles. The Morgan fingerprint density at radius 1 is 0.708 bits per heavy atom. The largest absolute Gasteiger partial charge is 0.480 e. The molecule has 0 radical (unpaired) electrons. The van der Waals surface area contributed by atoms with Crippen LogP contribution in [-0.4, -0.2) is 34.2 Å². The van der Waals surface area contributed by atoms with Gasteiger partial charge in [0.1, 0.15) is 12.1 Å². The number of hydrogen-bond donors (Lipinski definition) is 4. The predicted molar refractivity (Wildman–Crippen MR) is 89.4 cm³/mol. The summed E-state index contributed by atoms with van der Waals surface area (Å²) < 4.78 is 0. The highest BCUT2D eigenvalue weighted by Crippen LogP contribution is 2.04. The van der Waals surface area contributed by atoms with Crippen LogP contribution in [0.4, 0.5) is 0 Å². The van der Waals surface area contributed by atoms with Gasteiger partial charge >= 0.3 is 11.9 Å². The molecule has 4 N–H and O–H groups in total. The van der Waals surface area contributed by atoms with Gasteiger partial charge in [-0.05, 0) is 11.1 Å². The van der Waals surface area contributed by atoms with Gasteiger partial charge in [0.25, 0.3) is 0 Å². The molecule has 126 valence electrons. The maximum atomic E-state index is 11.5. The Labute approximate surface area is 140 Å². The lowest BCUT2D eigenvalue weighted by Crippen LogP contribution is -2.56. The molecule has 2 aromatic carbocycles. The summed E-state index contributed by atoms with van der Waals surface area (Å²) in [5, 5.41) is 24.4. The van der Waals surface area contributed by atoms with Crippen molar-refractivity contribution in [3.05, 3.63) is 71.8 Å². The van der Waals surface area contributed by atoms with Crippen LogP contribution in [0.25, 0.3) is 0 Å². The van der Waals surface area contributed by atoms with Crippen LogP contribution in [0.3, 0.4) is 0 Å². The summed E-state index contributed by atoms with van der Waals surface area (Å²) in [5.41, 5.74) is 1.77. The summed E-state index contributed by atoms with van der Waals surface area (Å²) in [6, 6.07) is 16.0. The molecule has 0 amide bonds. The Morgan fingerprint density at radius 3 is 1.33 bits per heavy atom. The van der Waals surface area contributed by atoms with Crippen LogP contribution in [0.2, 0.25) is 0 Å². The van der Waals surface area contributed by atoms with Gasteiger partial charge in [-0.3, -0.25) is 20.2 Å². The molecule has 6 heteroatoms. The fourth-order valence-corrected chi connectivity index (χ4v) is 2.34. The molecular weight excluding hydrogens is 308 g/mol. The summed E-state index contributed by atoms with van der Waals surface area (Å²) in [5.74, 6) is -2.42. The summed E-state index contributed by atoms with van der Waals surface area (Å²) in [6.45, 7) is 0.545. The maximum Gasteiger partial charge on any atom is 0.322 e. The van der Waals surface area contributed by atoms with Crippen molar-refractivity contribution in [1.82, 2.24) is 10.6 Å². The van der Waals surface area contributed by atoms with Crippen molar-refractivity contribution in [2.45, 2.75) is 25.2 Å². The van der Waals surface area contributed by atoms with E-state index in [1.807, 2.05) is 60.7 Å². The Bertz CT molecular complexity index is 602. The molecule has 0 aromatic heterocycles. The first kappa shape index (κ1) is 17.7. The zero-order valence-electron chi connectivity index (χ0n) is 13.1. The molecule has 0 fully saturated rings. The highest BCUT2D eigenvalue weighted by Gasteiger charge is 2.33. The number of hydrogen-bond acceptors (Lipinski definition) is 4. The number of carboxylic acids is 2. The molecule has 2 atom stereocenters. The van der Waals surface area contributed by atoms with Gasteiger partial charge in [-0.25, -0.2) is 0 Å². The van der Waals surface area contributed by atoms with Crippen LogP contribution in [-0.2, 0) is 22.7 Å². The second kappa shape index (κ2) is 8.81. The molecular formula is C18H20N2O4. The fraction of sp³-hybridized carbons (Fsp3) is 0.222. The molecule has 0 unspecified atom stereocenters. The van der Waals surface area contributed by atoms with Gasteiger partial charge in [0.05, 0.1) is 0 Å². The highest BCUT2D eigenvalue weighted by atomic mass is 16.4. The van der Waals surface area contributed by atoms with Crippen LogP contribution < -0.4 is 10.6 Å². The first-order valence-electron chi connectivity index (χ1n) is 7.58. The second-order valence-corrected chi connectivity index (χ2v) is 5.36. The van der Waals surface area contributed by atoms with Crippen LogP contribution in [0.15, 0.2) is 60.7 Å². The number of benzene rings is 2. The summed E-state index contributed by atoms with van der Waals surface area (Å²) >= 11 is 0. The van der Waals surface area contributed by atoms with Gasteiger partial charge in [0, 0.05) is 13.1 Å². The van der Waals surface area contributed by atoms with Crippen LogP contribution >= 0.6 is 0 Å². The van der Waals surface area contributed by atoms with Gasteiger partial charge in [0.15, 0.2) is 0 Å². The number of nitrogens with one attached hydrogen (secondary N) is 2. The van der Waals surface area contributed by atoms with Crippen molar-refractivity contribution >= 4 is 11.9 Å². The Kier molecular flexibility index (Phi) is 6.48. The predicted octanol–water partition coefficient (Wildman–Crippen LogP) is 1.47. The van der Waals surface area contributed by atoms with E-state index in [1.54, 1.807) is 0 Å². The van der Waals surface area contributed by atoms with Crippen LogP contribution in [0, 0.1) is 0 Å². The SMILES string of the molecule is O=C(O)[C@@H](NCc1ccccc1)[C@@H](NCc1ccccc1)C(=O)O. The first-order chi connectivity index (χ1) is 11.6. The molecule has 0 heterocycles. The van der Waals surface area contributed by atoms with E-state index < -0.39 is 24.0 Å². The third-order valence-electron chi connectivity index (χ3n) is 3.60. The van der Waals surface area contributed by atoms with Gasteiger partial charge in [-0.15, -0.1) is 0 Å². The Balaban J connectivity index is 2.03. The average molecular weight is 328 g/mol. The number of aliphatic carboxylic acids is 2. The molecule has 0 saturated carbocycles. The zero-order valence-corrected chi connectivity index (χ0v) is 13.1. The average Bonchev–Trinajstić information content (AvgIpc) is 2.59. The van der Waals surface area contributed by atoms with E-state index in [0.29, 0.717) is 0 Å². The van der Waals surface area contributed by atoms with Crippen molar-refractivity contribution in [2.75, 3.05) is 0 Å². The molecule has 0 spiro atoms. The highest BCUT2D eigenvalue weighted by molar-refractivity contribution is 5.85. The van der Waals surface area contributed by atoms with E-state index in [4.69, 9.17) is 0 Å². The van der Waals surface area contributed by atoms with E-state index in [0.717, 1.165) is 11.1 Å². The minimum atomic E-state index is -1.24. The van der Waals surface area contributed by atoms with Crippen molar-refractivity contribution in [2.24, 2.45) is 0 Å². The normalized spacial score (nSPS) is 13.2. The summed E-state index contributed by atoms with van der Waals surface area (Å²) in [6.07, 6.45) is 0. The number of carboxylic acid groups (broad SMARTS) is 2. The van der Waals surface area contributed by atoms with Gasteiger partial charge in [-0.2, -0.15) is 0 Å². The number of carbonyl (C=O) groups is 2. The molecule has 24 heavy (non-hydrogen) atoms. The monoisotopic (exact) mass is 328 g/mol. The van der Waals surface area contributed by atoms with Crippen molar-refractivity contribution in [1.29, 1.82) is 0 Å². The van der Waals surface area contributed by atoms with Crippen LogP contribution in [0.1, 0.15) is 11.1 Å². The van der Waals surface area contributed by atoms with Crippen molar-refractivity contribution in [3.8, 4) is 0 Å². The molecule has 2 rings (SSSR count). The maximum absolute atomic E-state index is 11.5. The van der Waals surface area contributed by atoms with Crippen molar-refractivity contribution in [3.63, 3.8) is 0 Å². The van der Waals surface area contributed by atoms with Crippen LogP contribution in [0.5, 0.6) is 0 Å². The minimum Gasteiger partial charge on any atom is -0.480 e. The standard InChI is InChI=1S/C18H20N2O4/c21-17(22)15(19-11-13-7-3-1-4-8-13)16(18(23)24)20-12-14-9-5-2-6-10-14/h1-10,15-16,19-20H,11-12H2,(H,21,22)(H,23,24)/t15-,16+. The lowest BCUT2D eigenvalue weighted by Gasteiger charge is -2.23.